The van der Waals surface area contributed by atoms with Crippen LogP contribution in [0.15, 0.2) is 60.7 Å². The maximum absolute atomic E-state index is 14.0. The van der Waals surface area contributed by atoms with E-state index in [4.69, 9.17) is 0 Å². The molecule has 0 bridgehead atoms. The molecule has 0 heterocycles. The summed E-state index contributed by atoms with van der Waals surface area (Å²) in [5.74, 6) is 1.57. The number of benzene rings is 2. The Morgan fingerprint density at radius 2 is 1.29 bits per heavy atom. The molecule has 1 N–H and O–H groups in total. The van der Waals surface area contributed by atoms with Crippen LogP contribution < -0.4 is 15.7 Å². The summed E-state index contributed by atoms with van der Waals surface area (Å²) in [6.45, 7) is 4.63. The molecule has 3 heteroatoms. The zero-order chi connectivity index (χ0) is 17.0. The molecule has 1 aliphatic carbocycles. The minimum absolute atomic E-state index is 0.339. The zero-order valence-corrected chi connectivity index (χ0v) is 15.6. The van der Waals surface area contributed by atoms with Crippen molar-refractivity contribution in [3.05, 3.63) is 60.7 Å². The van der Waals surface area contributed by atoms with Gasteiger partial charge in [0.25, 0.3) is 0 Å². The lowest BCUT2D eigenvalue weighted by atomic mass is 9.80. The van der Waals surface area contributed by atoms with Gasteiger partial charge >= 0.3 is 0 Å². The van der Waals surface area contributed by atoms with Crippen LogP contribution in [0.1, 0.15) is 39.5 Å². The lowest BCUT2D eigenvalue weighted by Gasteiger charge is -2.34. The second-order valence-electron chi connectivity index (χ2n) is 7.27. The molecule has 3 rings (SSSR count). The Morgan fingerprint density at radius 1 is 0.833 bits per heavy atom. The first-order chi connectivity index (χ1) is 11.6. The van der Waals surface area contributed by atoms with Crippen LogP contribution in [0.5, 0.6) is 0 Å². The standard InChI is InChI=1S/C21H28NOP/c1-17(2)18-13-15-19(16-14-18)22-24(23,20-9-5-3-6-10-20)21-11-7-4-8-12-21/h3-12,17-19H,13-16H2,1-2H3,(H,22,23). The minimum Gasteiger partial charge on any atom is -0.297 e. The van der Waals surface area contributed by atoms with E-state index in [1.807, 2.05) is 60.7 Å². The van der Waals surface area contributed by atoms with Crippen molar-refractivity contribution in [3.63, 3.8) is 0 Å². The molecule has 0 atom stereocenters. The summed E-state index contributed by atoms with van der Waals surface area (Å²) in [6.07, 6.45) is 4.71. The van der Waals surface area contributed by atoms with Crippen LogP contribution in [-0.2, 0) is 4.57 Å². The minimum atomic E-state index is -2.79. The number of hydrogen-bond donors (Lipinski definition) is 1. The van der Waals surface area contributed by atoms with Crippen LogP contribution in [0.3, 0.4) is 0 Å². The third-order valence-electron chi connectivity index (χ3n) is 5.32. The average molecular weight is 341 g/mol. The molecule has 2 nitrogen and oxygen atoms in total. The molecule has 1 aliphatic rings. The van der Waals surface area contributed by atoms with Gasteiger partial charge in [-0.1, -0.05) is 50.2 Å². The molecule has 1 saturated carbocycles. The molecule has 0 spiro atoms. The third kappa shape index (κ3) is 3.82. The van der Waals surface area contributed by atoms with Gasteiger partial charge in [0.15, 0.2) is 0 Å². The number of hydrogen-bond acceptors (Lipinski definition) is 1. The van der Waals surface area contributed by atoms with Gasteiger partial charge in [-0.2, -0.15) is 0 Å². The van der Waals surface area contributed by atoms with Crippen molar-refractivity contribution >= 4 is 17.9 Å². The van der Waals surface area contributed by atoms with Crippen LogP contribution >= 0.6 is 7.29 Å². The van der Waals surface area contributed by atoms with Gasteiger partial charge in [0, 0.05) is 16.7 Å². The lowest BCUT2D eigenvalue weighted by Crippen LogP contribution is -2.38. The van der Waals surface area contributed by atoms with Crippen molar-refractivity contribution in [2.45, 2.75) is 45.6 Å². The second kappa shape index (κ2) is 7.68. The monoisotopic (exact) mass is 341 g/mol. The van der Waals surface area contributed by atoms with Crippen molar-refractivity contribution in [1.82, 2.24) is 5.09 Å². The summed E-state index contributed by atoms with van der Waals surface area (Å²) in [6, 6.07) is 20.1. The van der Waals surface area contributed by atoms with Crippen LogP contribution in [0, 0.1) is 11.8 Å². The fraction of sp³-hybridized carbons (Fsp3) is 0.429. The first-order valence-electron chi connectivity index (χ1n) is 9.08. The molecule has 2 aromatic rings. The van der Waals surface area contributed by atoms with E-state index in [1.54, 1.807) is 0 Å². The molecule has 0 aromatic heterocycles. The van der Waals surface area contributed by atoms with Gasteiger partial charge in [-0.25, -0.2) is 0 Å². The molecule has 0 saturated heterocycles. The average Bonchev–Trinajstić information content (AvgIpc) is 2.63. The van der Waals surface area contributed by atoms with Crippen molar-refractivity contribution < 1.29 is 4.57 Å². The molecule has 1 fully saturated rings. The summed E-state index contributed by atoms with van der Waals surface area (Å²) >= 11 is 0. The molecule has 0 radical (unpaired) electrons. The van der Waals surface area contributed by atoms with Gasteiger partial charge in [-0.15, -0.1) is 0 Å². The van der Waals surface area contributed by atoms with E-state index in [9.17, 15) is 4.57 Å². The molecule has 128 valence electrons. The van der Waals surface area contributed by atoms with Gasteiger partial charge in [-0.3, -0.25) is 9.65 Å². The normalized spacial score (nSPS) is 21.8. The van der Waals surface area contributed by atoms with E-state index in [1.165, 1.54) is 12.8 Å². The Hall–Kier alpha value is -1.37. The van der Waals surface area contributed by atoms with Gasteiger partial charge < -0.3 is 0 Å². The summed E-state index contributed by atoms with van der Waals surface area (Å²) in [5.41, 5.74) is 0. The predicted octanol–water partition coefficient (Wildman–Crippen LogP) is 4.72. The number of nitrogens with one attached hydrogen (secondary N) is 1. The topological polar surface area (TPSA) is 29.1 Å². The smallest absolute Gasteiger partial charge is 0.204 e. The molecule has 24 heavy (non-hydrogen) atoms. The third-order valence-corrected chi connectivity index (χ3v) is 8.10. The van der Waals surface area contributed by atoms with E-state index >= 15 is 0 Å². The maximum Gasteiger partial charge on any atom is 0.204 e. The van der Waals surface area contributed by atoms with E-state index in [0.29, 0.717) is 6.04 Å². The highest BCUT2D eigenvalue weighted by molar-refractivity contribution is 7.76. The fourth-order valence-corrected chi connectivity index (χ4v) is 6.30. The lowest BCUT2D eigenvalue weighted by molar-refractivity contribution is 0.252. The second-order valence-corrected chi connectivity index (χ2v) is 9.77. The Labute approximate surface area is 146 Å². The first-order valence-corrected chi connectivity index (χ1v) is 10.8. The highest BCUT2D eigenvalue weighted by atomic mass is 31.2. The van der Waals surface area contributed by atoms with E-state index < -0.39 is 7.29 Å². The Kier molecular flexibility index (Phi) is 5.58. The first kappa shape index (κ1) is 17.5. The van der Waals surface area contributed by atoms with E-state index in [2.05, 4.69) is 18.9 Å². The molecule has 0 aliphatic heterocycles. The molecule has 2 aromatic carbocycles. The van der Waals surface area contributed by atoms with Crippen molar-refractivity contribution in [2.75, 3.05) is 0 Å². The van der Waals surface area contributed by atoms with Gasteiger partial charge in [0.2, 0.25) is 7.29 Å². The van der Waals surface area contributed by atoms with Crippen LogP contribution in [0.4, 0.5) is 0 Å². The van der Waals surface area contributed by atoms with Gasteiger partial charge in [0.05, 0.1) is 0 Å². The van der Waals surface area contributed by atoms with Crippen LogP contribution in [0.25, 0.3) is 0 Å². The Morgan fingerprint density at radius 3 is 1.71 bits per heavy atom. The molecule has 0 amide bonds. The van der Waals surface area contributed by atoms with Gasteiger partial charge in [0.1, 0.15) is 0 Å². The highest BCUT2D eigenvalue weighted by Gasteiger charge is 2.32. The van der Waals surface area contributed by atoms with E-state index in [0.717, 1.165) is 35.3 Å². The zero-order valence-electron chi connectivity index (χ0n) is 14.7. The molecular formula is C21H28NOP. The fourth-order valence-electron chi connectivity index (χ4n) is 3.75. The van der Waals surface area contributed by atoms with Gasteiger partial charge in [-0.05, 0) is 61.8 Å². The molecular weight excluding hydrogens is 313 g/mol. The summed E-state index contributed by atoms with van der Waals surface area (Å²) in [5, 5.41) is 5.39. The quantitative estimate of drug-likeness (QED) is 0.797. The molecule has 0 unspecified atom stereocenters. The SMILES string of the molecule is CC(C)C1CCC(NP(=O)(c2ccccc2)c2ccccc2)CC1. The van der Waals surface area contributed by atoms with Crippen LogP contribution in [0.2, 0.25) is 0 Å². The van der Waals surface area contributed by atoms with Crippen LogP contribution in [-0.4, -0.2) is 6.04 Å². The van der Waals surface area contributed by atoms with Crippen molar-refractivity contribution in [1.29, 1.82) is 0 Å². The summed E-state index contributed by atoms with van der Waals surface area (Å²) < 4.78 is 14.0. The largest absolute Gasteiger partial charge is 0.297 e. The van der Waals surface area contributed by atoms with Crippen molar-refractivity contribution in [3.8, 4) is 0 Å². The number of rotatable bonds is 5. The highest BCUT2D eigenvalue weighted by Crippen LogP contribution is 2.42. The summed E-state index contributed by atoms with van der Waals surface area (Å²) in [4.78, 5) is 0. The predicted molar refractivity (Wildman–Crippen MR) is 103 cm³/mol. The van der Waals surface area contributed by atoms with E-state index in [-0.39, 0.29) is 0 Å². The Balaban J connectivity index is 1.84. The van der Waals surface area contributed by atoms with Crippen molar-refractivity contribution in [2.24, 2.45) is 11.8 Å². The maximum atomic E-state index is 14.0. The summed E-state index contributed by atoms with van der Waals surface area (Å²) in [7, 11) is -2.79. The Bertz CT molecular complexity index is 632.